The van der Waals surface area contributed by atoms with E-state index in [-0.39, 0.29) is 0 Å². The van der Waals surface area contributed by atoms with Gasteiger partial charge in [0.15, 0.2) is 0 Å². The summed E-state index contributed by atoms with van der Waals surface area (Å²) in [4.78, 5) is 0. The summed E-state index contributed by atoms with van der Waals surface area (Å²) in [5.74, 6) is 2.93. The summed E-state index contributed by atoms with van der Waals surface area (Å²) in [6, 6.07) is 2.13. The van der Waals surface area contributed by atoms with Crippen molar-refractivity contribution in [1.29, 1.82) is 0 Å². The predicted molar refractivity (Wildman–Crippen MR) is 65.2 cm³/mol. The first-order valence-electron chi connectivity index (χ1n) is 5.74. The fraction of sp³-hybridized carbons (Fsp3) is 0.667. The summed E-state index contributed by atoms with van der Waals surface area (Å²) in [5, 5.41) is 3.14. The molecular weight excluding hydrogens is 254 g/mol. The standard InChI is InChI=1S/C12H18BrNO/c1-14-7-6-10-8-11(13)12(15-10)9-4-2-3-5-9/h8-9,14H,2-7H2,1H3. The number of hydrogen-bond acceptors (Lipinski definition) is 2. The lowest BCUT2D eigenvalue weighted by molar-refractivity contribution is 0.427. The second kappa shape index (κ2) is 5.17. The second-order valence-corrected chi connectivity index (χ2v) is 5.11. The Morgan fingerprint density at radius 1 is 1.47 bits per heavy atom. The summed E-state index contributed by atoms with van der Waals surface area (Å²) < 4.78 is 7.08. The quantitative estimate of drug-likeness (QED) is 0.908. The van der Waals surface area contributed by atoms with Gasteiger partial charge in [-0.15, -0.1) is 0 Å². The van der Waals surface area contributed by atoms with Crippen LogP contribution < -0.4 is 5.32 Å². The lowest BCUT2D eigenvalue weighted by atomic mass is 10.1. The van der Waals surface area contributed by atoms with Gasteiger partial charge in [-0.05, 0) is 41.9 Å². The van der Waals surface area contributed by atoms with E-state index in [2.05, 4.69) is 27.3 Å². The Labute approximate surface area is 99.6 Å². The highest BCUT2D eigenvalue weighted by Gasteiger charge is 2.23. The van der Waals surface area contributed by atoms with Crippen LogP contribution in [-0.4, -0.2) is 13.6 Å². The van der Waals surface area contributed by atoms with Gasteiger partial charge in [0.1, 0.15) is 11.5 Å². The Balaban J connectivity index is 2.06. The van der Waals surface area contributed by atoms with Crippen LogP contribution in [0.4, 0.5) is 0 Å². The van der Waals surface area contributed by atoms with Crippen LogP contribution in [0.15, 0.2) is 15.0 Å². The van der Waals surface area contributed by atoms with Gasteiger partial charge in [0.25, 0.3) is 0 Å². The van der Waals surface area contributed by atoms with Gasteiger partial charge in [-0.1, -0.05) is 12.8 Å². The molecule has 0 radical (unpaired) electrons. The minimum Gasteiger partial charge on any atom is -0.465 e. The molecule has 0 aliphatic heterocycles. The van der Waals surface area contributed by atoms with Crippen LogP contribution in [0.2, 0.25) is 0 Å². The van der Waals surface area contributed by atoms with Gasteiger partial charge in [-0.2, -0.15) is 0 Å². The number of hydrogen-bond donors (Lipinski definition) is 1. The van der Waals surface area contributed by atoms with Gasteiger partial charge in [0, 0.05) is 18.9 Å². The average Bonchev–Trinajstić information content (AvgIpc) is 2.83. The number of halogens is 1. The smallest absolute Gasteiger partial charge is 0.121 e. The summed E-state index contributed by atoms with van der Waals surface area (Å²) in [5.41, 5.74) is 0. The maximum absolute atomic E-state index is 5.91. The third-order valence-electron chi connectivity index (χ3n) is 3.11. The van der Waals surface area contributed by atoms with E-state index < -0.39 is 0 Å². The van der Waals surface area contributed by atoms with Crippen molar-refractivity contribution in [3.63, 3.8) is 0 Å². The fourth-order valence-electron chi connectivity index (χ4n) is 2.27. The molecule has 2 nitrogen and oxygen atoms in total. The maximum atomic E-state index is 5.91. The summed E-state index contributed by atoms with van der Waals surface area (Å²) in [6.45, 7) is 0.976. The summed E-state index contributed by atoms with van der Waals surface area (Å²) in [6.07, 6.45) is 6.25. The summed E-state index contributed by atoms with van der Waals surface area (Å²) >= 11 is 3.60. The van der Waals surface area contributed by atoms with Gasteiger partial charge < -0.3 is 9.73 Å². The molecule has 1 aliphatic carbocycles. The molecule has 1 heterocycles. The van der Waals surface area contributed by atoms with Crippen LogP contribution in [0.5, 0.6) is 0 Å². The zero-order valence-electron chi connectivity index (χ0n) is 9.18. The first-order valence-corrected chi connectivity index (χ1v) is 6.53. The first kappa shape index (κ1) is 11.2. The molecule has 0 atom stereocenters. The molecule has 0 bridgehead atoms. The van der Waals surface area contributed by atoms with Crippen molar-refractivity contribution in [3.8, 4) is 0 Å². The zero-order valence-corrected chi connectivity index (χ0v) is 10.8. The highest BCUT2D eigenvalue weighted by molar-refractivity contribution is 9.10. The van der Waals surface area contributed by atoms with E-state index in [1.807, 2.05) is 7.05 Å². The average molecular weight is 272 g/mol. The van der Waals surface area contributed by atoms with Crippen molar-refractivity contribution in [2.24, 2.45) is 0 Å². The monoisotopic (exact) mass is 271 g/mol. The second-order valence-electron chi connectivity index (χ2n) is 4.26. The molecule has 1 N–H and O–H groups in total. The largest absolute Gasteiger partial charge is 0.465 e. The van der Waals surface area contributed by atoms with Crippen molar-refractivity contribution in [3.05, 3.63) is 22.1 Å². The maximum Gasteiger partial charge on any atom is 0.121 e. The van der Waals surface area contributed by atoms with Gasteiger partial charge >= 0.3 is 0 Å². The molecular formula is C12H18BrNO. The minimum atomic E-state index is 0.655. The van der Waals surface area contributed by atoms with Crippen molar-refractivity contribution >= 4 is 15.9 Å². The van der Waals surface area contributed by atoms with Crippen molar-refractivity contribution in [2.45, 2.75) is 38.0 Å². The number of furan rings is 1. The fourth-order valence-corrected chi connectivity index (χ4v) is 2.93. The molecule has 0 spiro atoms. The normalized spacial score (nSPS) is 17.5. The third-order valence-corrected chi connectivity index (χ3v) is 3.73. The van der Waals surface area contributed by atoms with Crippen LogP contribution >= 0.6 is 15.9 Å². The van der Waals surface area contributed by atoms with Gasteiger partial charge in [0.2, 0.25) is 0 Å². The molecule has 0 unspecified atom stereocenters. The lowest BCUT2D eigenvalue weighted by Gasteiger charge is -2.05. The molecule has 0 saturated heterocycles. The van der Waals surface area contributed by atoms with Gasteiger partial charge in [-0.3, -0.25) is 0 Å². The molecule has 1 aromatic rings. The van der Waals surface area contributed by atoms with E-state index in [4.69, 9.17) is 4.42 Å². The van der Waals surface area contributed by atoms with Gasteiger partial charge in [-0.25, -0.2) is 0 Å². The van der Waals surface area contributed by atoms with Crippen molar-refractivity contribution in [2.75, 3.05) is 13.6 Å². The van der Waals surface area contributed by atoms with E-state index in [1.54, 1.807) is 0 Å². The Hall–Kier alpha value is -0.280. The SMILES string of the molecule is CNCCc1cc(Br)c(C2CCCC2)o1. The van der Waals surface area contributed by atoms with Crippen LogP contribution in [0.25, 0.3) is 0 Å². The lowest BCUT2D eigenvalue weighted by Crippen LogP contribution is -2.09. The molecule has 1 fully saturated rings. The number of nitrogens with one attached hydrogen (secondary N) is 1. The third kappa shape index (κ3) is 2.64. The van der Waals surface area contributed by atoms with Crippen LogP contribution in [0.3, 0.4) is 0 Å². The molecule has 0 aromatic carbocycles. The Kier molecular flexibility index (Phi) is 3.87. The molecule has 0 amide bonds. The zero-order chi connectivity index (χ0) is 10.7. The van der Waals surface area contributed by atoms with Gasteiger partial charge in [0.05, 0.1) is 4.47 Å². The van der Waals surface area contributed by atoms with E-state index >= 15 is 0 Å². The number of rotatable bonds is 4. The molecule has 2 rings (SSSR count). The van der Waals surface area contributed by atoms with Crippen LogP contribution in [0.1, 0.15) is 43.1 Å². The van der Waals surface area contributed by atoms with E-state index in [0.29, 0.717) is 5.92 Å². The van der Waals surface area contributed by atoms with Crippen molar-refractivity contribution in [1.82, 2.24) is 5.32 Å². The molecule has 3 heteroatoms. The van der Waals surface area contributed by atoms with Crippen LogP contribution in [0, 0.1) is 0 Å². The molecule has 15 heavy (non-hydrogen) atoms. The van der Waals surface area contributed by atoms with E-state index in [9.17, 15) is 0 Å². The highest BCUT2D eigenvalue weighted by Crippen LogP contribution is 2.39. The Bertz CT molecular complexity index is 315. The molecule has 84 valence electrons. The first-order chi connectivity index (χ1) is 7.31. The van der Waals surface area contributed by atoms with Crippen LogP contribution in [-0.2, 0) is 6.42 Å². The van der Waals surface area contributed by atoms with Crippen molar-refractivity contribution < 1.29 is 4.42 Å². The predicted octanol–water partition coefficient (Wildman–Crippen LogP) is 3.46. The summed E-state index contributed by atoms with van der Waals surface area (Å²) in [7, 11) is 1.97. The molecule has 1 saturated carbocycles. The Morgan fingerprint density at radius 2 is 2.20 bits per heavy atom. The molecule has 1 aromatic heterocycles. The number of likely N-dealkylation sites (N-methyl/N-ethyl adjacent to an activating group) is 1. The molecule has 1 aliphatic rings. The minimum absolute atomic E-state index is 0.655. The highest BCUT2D eigenvalue weighted by atomic mass is 79.9. The van der Waals surface area contributed by atoms with E-state index in [1.165, 1.54) is 35.9 Å². The Morgan fingerprint density at radius 3 is 2.87 bits per heavy atom. The topological polar surface area (TPSA) is 25.2 Å². The van der Waals surface area contributed by atoms with E-state index in [0.717, 1.165) is 18.7 Å².